The second-order valence-electron chi connectivity index (χ2n) is 6.08. The molecule has 0 aromatic heterocycles. The number of hydrogen-bond donors (Lipinski definition) is 2. The van der Waals surface area contributed by atoms with Crippen molar-refractivity contribution in [3.05, 3.63) is 23.8 Å². The summed E-state index contributed by atoms with van der Waals surface area (Å²) < 4.78 is 5.58. The Bertz CT molecular complexity index is 399. The molecule has 0 saturated heterocycles. The number of hydrogen-bond acceptors (Lipinski definition) is 3. The normalized spacial score (nSPS) is 31.9. The average molecular weight is 281 g/mol. The molecule has 0 aromatic carbocycles. The number of rotatable bonds is 3. The Balaban J connectivity index is 3.31. The lowest BCUT2D eigenvalue weighted by atomic mass is 9.75. The summed E-state index contributed by atoms with van der Waals surface area (Å²) in [6.07, 6.45) is 6.57. The molecule has 0 radical (unpaired) electrons. The summed E-state index contributed by atoms with van der Waals surface area (Å²) in [6, 6.07) is 0. The number of primary amides is 1. The topological polar surface area (TPSA) is 72.6 Å². The number of ether oxygens (including phenoxy) is 1. The smallest absolute Gasteiger partial charge is 0.405 e. The van der Waals surface area contributed by atoms with E-state index >= 15 is 0 Å². The molecule has 1 aliphatic carbocycles. The van der Waals surface area contributed by atoms with Crippen LogP contribution in [0.1, 0.15) is 47.0 Å². The quantitative estimate of drug-likeness (QED) is 0.780. The lowest BCUT2D eigenvalue weighted by Crippen LogP contribution is -2.45. The molecule has 0 bridgehead atoms. The maximum absolute atomic E-state index is 11.4. The Hall–Kier alpha value is -1.29. The van der Waals surface area contributed by atoms with Crippen molar-refractivity contribution in [1.29, 1.82) is 0 Å². The van der Waals surface area contributed by atoms with Crippen LogP contribution in [0.15, 0.2) is 23.8 Å². The largest absolute Gasteiger partial charge is 0.438 e. The lowest BCUT2D eigenvalue weighted by molar-refractivity contribution is 0.00563. The van der Waals surface area contributed by atoms with Gasteiger partial charge in [0.25, 0.3) is 0 Å². The van der Waals surface area contributed by atoms with Crippen LogP contribution in [0.25, 0.3) is 0 Å². The molecule has 3 N–H and O–H groups in total. The fourth-order valence-corrected chi connectivity index (χ4v) is 2.85. The Labute approximate surface area is 121 Å². The fraction of sp³-hybridized carbons (Fsp3) is 0.688. The van der Waals surface area contributed by atoms with Crippen molar-refractivity contribution in [3.63, 3.8) is 0 Å². The van der Waals surface area contributed by atoms with Gasteiger partial charge in [0.2, 0.25) is 0 Å². The van der Waals surface area contributed by atoms with Crippen LogP contribution >= 0.6 is 0 Å². The zero-order valence-corrected chi connectivity index (χ0v) is 12.9. The van der Waals surface area contributed by atoms with E-state index in [0.29, 0.717) is 19.3 Å². The van der Waals surface area contributed by atoms with Gasteiger partial charge in [-0.3, -0.25) is 0 Å². The molecule has 114 valence electrons. The van der Waals surface area contributed by atoms with Crippen LogP contribution in [0.3, 0.4) is 0 Å². The first-order valence-corrected chi connectivity index (χ1v) is 7.31. The van der Waals surface area contributed by atoms with Crippen LogP contribution in [0.4, 0.5) is 4.79 Å². The molecule has 1 rings (SSSR count). The molecular weight excluding hydrogens is 254 g/mol. The van der Waals surface area contributed by atoms with Crippen molar-refractivity contribution in [1.82, 2.24) is 0 Å². The van der Waals surface area contributed by atoms with Crippen molar-refractivity contribution < 1.29 is 14.6 Å². The minimum Gasteiger partial charge on any atom is -0.438 e. The predicted molar refractivity (Wildman–Crippen MR) is 80.2 cm³/mol. The summed E-state index contributed by atoms with van der Waals surface area (Å²) in [5.41, 5.74) is 5.62. The van der Waals surface area contributed by atoms with Crippen molar-refractivity contribution in [2.24, 2.45) is 17.6 Å². The van der Waals surface area contributed by atoms with Gasteiger partial charge in [0.05, 0.1) is 6.10 Å². The number of carbonyl (C=O) groups is 1. The molecule has 0 aliphatic heterocycles. The highest BCUT2D eigenvalue weighted by atomic mass is 16.6. The molecule has 4 heteroatoms. The SMILES string of the molecule is CC(C)/C1=C/C[C@H](O)C/C=C\C[C@@]1(OC(N)=O)C(C)C. The molecule has 1 aliphatic rings. The van der Waals surface area contributed by atoms with E-state index < -0.39 is 17.8 Å². The van der Waals surface area contributed by atoms with Crippen LogP contribution in [-0.2, 0) is 4.74 Å². The van der Waals surface area contributed by atoms with Crippen molar-refractivity contribution in [2.45, 2.75) is 58.7 Å². The van der Waals surface area contributed by atoms with Crippen molar-refractivity contribution in [3.8, 4) is 0 Å². The number of aliphatic hydroxyl groups excluding tert-OH is 1. The average Bonchev–Trinajstić information content (AvgIpc) is 2.39. The van der Waals surface area contributed by atoms with E-state index in [9.17, 15) is 9.90 Å². The van der Waals surface area contributed by atoms with Crippen LogP contribution in [-0.4, -0.2) is 22.9 Å². The molecule has 0 aromatic rings. The Morgan fingerprint density at radius 2 is 2.00 bits per heavy atom. The van der Waals surface area contributed by atoms with E-state index in [1.165, 1.54) is 0 Å². The van der Waals surface area contributed by atoms with Gasteiger partial charge in [0, 0.05) is 6.42 Å². The molecule has 0 unspecified atom stereocenters. The third-order valence-electron chi connectivity index (χ3n) is 3.93. The third-order valence-corrected chi connectivity index (χ3v) is 3.93. The van der Waals surface area contributed by atoms with Gasteiger partial charge in [-0.05, 0) is 30.3 Å². The number of carbonyl (C=O) groups excluding carboxylic acids is 1. The molecule has 2 atom stereocenters. The maximum atomic E-state index is 11.4. The Morgan fingerprint density at radius 3 is 2.50 bits per heavy atom. The zero-order valence-electron chi connectivity index (χ0n) is 12.9. The number of nitrogens with two attached hydrogens (primary N) is 1. The van der Waals surface area contributed by atoms with Gasteiger partial charge in [-0.2, -0.15) is 0 Å². The van der Waals surface area contributed by atoms with E-state index in [1.54, 1.807) is 0 Å². The van der Waals surface area contributed by atoms with Gasteiger partial charge in [-0.15, -0.1) is 0 Å². The summed E-state index contributed by atoms with van der Waals surface area (Å²) >= 11 is 0. The summed E-state index contributed by atoms with van der Waals surface area (Å²) in [5, 5.41) is 9.90. The Kier molecular flexibility index (Phi) is 5.81. The summed E-state index contributed by atoms with van der Waals surface area (Å²) in [4.78, 5) is 11.4. The van der Waals surface area contributed by atoms with E-state index in [-0.39, 0.29) is 11.8 Å². The molecular formula is C16H27NO3. The van der Waals surface area contributed by atoms with Gasteiger partial charge in [0.1, 0.15) is 5.60 Å². The molecule has 20 heavy (non-hydrogen) atoms. The van der Waals surface area contributed by atoms with E-state index in [2.05, 4.69) is 13.8 Å². The van der Waals surface area contributed by atoms with Crippen molar-refractivity contribution in [2.75, 3.05) is 0 Å². The van der Waals surface area contributed by atoms with Gasteiger partial charge in [-0.1, -0.05) is 45.9 Å². The molecule has 0 spiro atoms. The lowest BCUT2D eigenvalue weighted by Gasteiger charge is -2.40. The summed E-state index contributed by atoms with van der Waals surface area (Å²) in [7, 11) is 0. The van der Waals surface area contributed by atoms with E-state index in [1.807, 2.05) is 32.1 Å². The predicted octanol–water partition coefficient (Wildman–Crippen LogP) is 3.16. The van der Waals surface area contributed by atoms with Crippen LogP contribution < -0.4 is 5.73 Å². The van der Waals surface area contributed by atoms with Crippen molar-refractivity contribution >= 4 is 6.09 Å². The minimum atomic E-state index is -0.751. The van der Waals surface area contributed by atoms with E-state index in [4.69, 9.17) is 10.5 Å². The van der Waals surface area contributed by atoms with Crippen LogP contribution in [0, 0.1) is 11.8 Å². The monoisotopic (exact) mass is 281 g/mol. The molecule has 0 saturated carbocycles. The molecule has 0 heterocycles. The summed E-state index contributed by atoms with van der Waals surface area (Å²) in [5.74, 6) is 0.319. The first-order valence-electron chi connectivity index (χ1n) is 7.31. The highest BCUT2D eigenvalue weighted by Gasteiger charge is 2.41. The first-order chi connectivity index (χ1) is 9.29. The molecule has 4 nitrogen and oxygen atoms in total. The molecule has 0 fully saturated rings. The fourth-order valence-electron chi connectivity index (χ4n) is 2.85. The standard InChI is InChI=1S/C16H27NO3/c1-11(2)14-9-8-13(18)7-5-6-10-16(14,12(3)4)20-15(17)19/h5-6,9,11-13,18H,7-8,10H2,1-4H3,(H2,17,19)/b6-5-,14-9-/t13-,16-/m1/s1. The third kappa shape index (κ3) is 3.85. The number of amides is 1. The highest BCUT2D eigenvalue weighted by Crippen LogP contribution is 2.39. The molecule has 1 amide bonds. The maximum Gasteiger partial charge on any atom is 0.405 e. The summed E-state index contributed by atoms with van der Waals surface area (Å²) in [6.45, 7) is 8.20. The first kappa shape index (κ1) is 16.8. The van der Waals surface area contributed by atoms with Gasteiger partial charge in [-0.25, -0.2) is 4.79 Å². The van der Waals surface area contributed by atoms with Crippen LogP contribution in [0.5, 0.6) is 0 Å². The van der Waals surface area contributed by atoms with Crippen LogP contribution in [0.2, 0.25) is 0 Å². The Morgan fingerprint density at radius 1 is 1.35 bits per heavy atom. The van der Waals surface area contributed by atoms with Gasteiger partial charge in [0.15, 0.2) is 0 Å². The minimum absolute atomic E-state index is 0.101. The zero-order chi connectivity index (χ0) is 15.3. The highest BCUT2D eigenvalue weighted by molar-refractivity contribution is 5.66. The number of aliphatic hydroxyl groups is 1. The van der Waals surface area contributed by atoms with Gasteiger partial charge < -0.3 is 15.6 Å². The second kappa shape index (κ2) is 6.93. The van der Waals surface area contributed by atoms with E-state index in [0.717, 1.165) is 5.57 Å². The van der Waals surface area contributed by atoms with Gasteiger partial charge >= 0.3 is 6.09 Å². The second-order valence-corrected chi connectivity index (χ2v) is 6.08.